The van der Waals surface area contributed by atoms with Crippen molar-refractivity contribution in [3.63, 3.8) is 0 Å². The average molecular weight is 517 g/mol. The Morgan fingerprint density at radius 2 is 1.07 bits per heavy atom. The van der Waals surface area contributed by atoms with E-state index in [1.807, 2.05) is 0 Å². The van der Waals surface area contributed by atoms with Gasteiger partial charge in [0.15, 0.2) is 0 Å². The van der Waals surface area contributed by atoms with Crippen molar-refractivity contribution >= 4 is 0 Å². The summed E-state index contributed by atoms with van der Waals surface area (Å²) in [6.07, 6.45) is 22.9. The Hall–Kier alpha value is 0.423. The predicted molar refractivity (Wildman–Crippen MR) is 117 cm³/mol. The summed E-state index contributed by atoms with van der Waals surface area (Å²) in [5, 5.41) is 0. The van der Waals surface area contributed by atoms with E-state index < -0.39 is 0 Å². The predicted octanol–water partition coefficient (Wildman–Crippen LogP) is 2.28. The fraction of sp³-hybridized carbons (Fsp3) is 0.692. The van der Waals surface area contributed by atoms with Gasteiger partial charge in [0.1, 0.15) is 0 Å². The molecule has 164 valence electrons. The third kappa shape index (κ3) is 11.0. The summed E-state index contributed by atoms with van der Waals surface area (Å²) >= 11 is 0. The minimum absolute atomic E-state index is 0. The van der Waals surface area contributed by atoms with Gasteiger partial charge in [-0.15, -0.1) is 12.8 Å². The Bertz CT molecular complexity index is 507. The zero-order valence-electron chi connectivity index (χ0n) is 20.0. The van der Waals surface area contributed by atoms with Crippen LogP contribution in [0, 0.1) is 34.8 Å². The summed E-state index contributed by atoms with van der Waals surface area (Å²) in [5.74, 6) is 1.54. The topological polar surface area (TPSA) is 0 Å². The first-order valence-electron chi connectivity index (χ1n) is 10.7. The van der Waals surface area contributed by atoms with Crippen LogP contribution in [-0.2, 0) is 26.2 Å². The summed E-state index contributed by atoms with van der Waals surface area (Å²) in [6.45, 7) is 18.5. The second-order valence-corrected chi connectivity index (χ2v) is 9.42. The first-order chi connectivity index (χ1) is 12.2. The van der Waals surface area contributed by atoms with Gasteiger partial charge in [0.05, 0.1) is 0 Å². The van der Waals surface area contributed by atoms with Gasteiger partial charge in [-0.3, -0.25) is 12.2 Å². The van der Waals surface area contributed by atoms with Gasteiger partial charge in [0, 0.05) is 0 Å². The molecule has 0 N–H and O–H groups in total. The van der Waals surface area contributed by atoms with E-state index in [4.69, 9.17) is 0 Å². The fourth-order valence-electron chi connectivity index (χ4n) is 4.33. The Morgan fingerprint density at radius 3 is 1.24 bits per heavy atom. The molecule has 2 aliphatic carbocycles. The van der Waals surface area contributed by atoms with E-state index in [2.05, 4.69) is 91.8 Å². The molecule has 0 bridgehead atoms. The smallest absolute Gasteiger partial charge is 1.00 e. The summed E-state index contributed by atoms with van der Waals surface area (Å²) in [6, 6.07) is 0. The molecule has 0 amide bonds. The van der Waals surface area contributed by atoms with E-state index in [9.17, 15) is 0 Å². The van der Waals surface area contributed by atoms with Crippen LogP contribution in [0.1, 0.15) is 93.9 Å². The molecule has 0 aromatic carbocycles. The molecule has 0 aromatic rings. The van der Waals surface area contributed by atoms with E-state index >= 15 is 0 Å². The van der Waals surface area contributed by atoms with Gasteiger partial charge in [-0.1, -0.05) is 55.4 Å². The van der Waals surface area contributed by atoms with Crippen LogP contribution in [-0.4, -0.2) is 0 Å². The van der Waals surface area contributed by atoms with Gasteiger partial charge in [-0.2, -0.15) is 12.2 Å². The molecule has 0 aromatic heterocycles. The average Bonchev–Trinajstić information content (AvgIpc) is 3.27. The van der Waals surface area contributed by atoms with Crippen LogP contribution in [0.3, 0.4) is 0 Å². The summed E-state index contributed by atoms with van der Waals surface area (Å²) in [5.41, 5.74) is 3.59. The number of hydrogen-bond donors (Lipinski definition) is 0. The molecular weight excluding hydrogens is 474 g/mol. The zero-order valence-corrected chi connectivity index (χ0v) is 23.9. The van der Waals surface area contributed by atoms with Gasteiger partial charge >= 0.3 is 26.2 Å². The van der Waals surface area contributed by atoms with Gasteiger partial charge in [-0.05, 0) is 48.3 Å². The molecule has 0 fully saturated rings. The number of allylic oxidation sites excluding steroid dienone is 8. The first kappa shape index (κ1) is 34.0. The first-order valence-corrected chi connectivity index (χ1v) is 10.7. The molecule has 29 heavy (non-hydrogen) atoms. The molecule has 0 saturated carbocycles. The number of hydrogen-bond acceptors (Lipinski definition) is 0. The SMILES string of the molecule is CCC(C)(CC(C)C)C1=[C-]CC=C1.CCC(C)(CC(C)C)C1=[C-]CC=C1.[Cl-].[Cl-].[Zr+4]. The van der Waals surface area contributed by atoms with Gasteiger partial charge < -0.3 is 24.8 Å². The van der Waals surface area contributed by atoms with Crippen LogP contribution in [0.2, 0.25) is 0 Å². The van der Waals surface area contributed by atoms with Crippen molar-refractivity contribution in [1.82, 2.24) is 0 Å². The number of halogens is 2. The Balaban J connectivity index is -0.000000422. The molecule has 0 radical (unpaired) electrons. The standard InChI is InChI=1S/2C13H21.2ClH.Zr/c2*1-5-13(4,10-11(2)3)12-8-6-7-9-12;;;/h2*6,8,11H,5,7,10H2,1-4H3;2*1H;/q2*-1;;;+4/p-2. The van der Waals surface area contributed by atoms with Crippen LogP contribution >= 0.6 is 0 Å². The quantitative estimate of drug-likeness (QED) is 0.435. The van der Waals surface area contributed by atoms with Gasteiger partial charge in [0.25, 0.3) is 0 Å². The third-order valence-corrected chi connectivity index (χ3v) is 5.97. The summed E-state index contributed by atoms with van der Waals surface area (Å²) in [4.78, 5) is 0. The van der Waals surface area contributed by atoms with Crippen LogP contribution in [0.25, 0.3) is 0 Å². The van der Waals surface area contributed by atoms with Gasteiger partial charge in [-0.25, -0.2) is 23.3 Å². The van der Waals surface area contributed by atoms with Crippen LogP contribution in [0.4, 0.5) is 0 Å². The Kier molecular flexibility index (Phi) is 18.9. The summed E-state index contributed by atoms with van der Waals surface area (Å²) < 4.78 is 0. The summed E-state index contributed by atoms with van der Waals surface area (Å²) in [7, 11) is 0. The van der Waals surface area contributed by atoms with E-state index in [0.29, 0.717) is 10.8 Å². The van der Waals surface area contributed by atoms with E-state index in [1.54, 1.807) is 0 Å². The Morgan fingerprint density at radius 1 is 0.759 bits per heavy atom. The van der Waals surface area contributed by atoms with Crippen molar-refractivity contribution in [2.45, 2.75) is 93.9 Å². The molecule has 3 heteroatoms. The van der Waals surface area contributed by atoms with Crippen LogP contribution in [0.15, 0.2) is 35.5 Å². The monoisotopic (exact) mass is 514 g/mol. The van der Waals surface area contributed by atoms with Crippen molar-refractivity contribution in [2.75, 3.05) is 0 Å². The molecule has 2 unspecified atom stereocenters. The second-order valence-electron chi connectivity index (χ2n) is 9.42. The van der Waals surface area contributed by atoms with Crippen molar-refractivity contribution in [3.8, 4) is 0 Å². The van der Waals surface area contributed by atoms with E-state index in [-0.39, 0.29) is 51.0 Å². The molecular formula is C26H42Cl2Zr. The molecule has 0 spiro atoms. The minimum Gasteiger partial charge on any atom is -1.00 e. The van der Waals surface area contributed by atoms with Crippen molar-refractivity contribution in [1.29, 1.82) is 0 Å². The maximum Gasteiger partial charge on any atom is 4.00 e. The van der Waals surface area contributed by atoms with Crippen LogP contribution < -0.4 is 24.8 Å². The fourth-order valence-corrected chi connectivity index (χ4v) is 4.33. The molecule has 2 rings (SSSR count). The molecule has 0 aliphatic heterocycles. The van der Waals surface area contributed by atoms with Crippen LogP contribution in [0.5, 0.6) is 0 Å². The zero-order chi connectivity index (χ0) is 19.8. The maximum absolute atomic E-state index is 3.46. The Labute approximate surface area is 214 Å². The molecule has 0 saturated heterocycles. The van der Waals surface area contributed by atoms with Crippen molar-refractivity contribution in [3.05, 3.63) is 47.6 Å². The second kappa shape index (κ2) is 16.1. The van der Waals surface area contributed by atoms with Crippen molar-refractivity contribution in [2.24, 2.45) is 22.7 Å². The molecule has 2 aliphatic rings. The normalized spacial score (nSPS) is 18.4. The van der Waals surface area contributed by atoms with Gasteiger partial charge in [0.2, 0.25) is 0 Å². The minimum atomic E-state index is 0. The van der Waals surface area contributed by atoms with E-state index in [1.165, 1.54) is 36.8 Å². The maximum atomic E-state index is 3.46. The largest absolute Gasteiger partial charge is 4.00 e. The number of rotatable bonds is 8. The third-order valence-electron chi connectivity index (χ3n) is 5.97. The molecule has 2 atom stereocenters. The van der Waals surface area contributed by atoms with Crippen molar-refractivity contribution < 1.29 is 51.0 Å². The van der Waals surface area contributed by atoms with E-state index in [0.717, 1.165) is 24.7 Å². The molecule has 0 heterocycles. The molecule has 0 nitrogen and oxygen atoms in total.